The van der Waals surface area contributed by atoms with Crippen LogP contribution in [0.25, 0.3) is 0 Å². The van der Waals surface area contributed by atoms with Gasteiger partial charge >= 0.3 is 0 Å². The molecule has 1 heterocycles. The van der Waals surface area contributed by atoms with E-state index in [0.29, 0.717) is 25.7 Å². The largest absolute Gasteiger partial charge is 0.348 e. The maximum atomic E-state index is 5.50. The van der Waals surface area contributed by atoms with Gasteiger partial charge in [0.05, 0.1) is 13.2 Å². The van der Waals surface area contributed by atoms with Crippen LogP contribution in [-0.2, 0) is 9.47 Å². The highest BCUT2D eigenvalue weighted by Crippen LogP contribution is 2.25. The Labute approximate surface area is 67.9 Å². The molecule has 3 nitrogen and oxygen atoms in total. The van der Waals surface area contributed by atoms with Crippen molar-refractivity contribution in [2.45, 2.75) is 26.1 Å². The topological polar surface area (TPSA) is 44.5 Å². The Morgan fingerprint density at radius 2 is 2.00 bits per heavy atom. The summed E-state index contributed by atoms with van der Waals surface area (Å²) >= 11 is 0. The Balaban J connectivity index is 2.33. The summed E-state index contributed by atoms with van der Waals surface area (Å²) in [6.45, 7) is 6.21. The summed E-state index contributed by atoms with van der Waals surface area (Å²) < 4.78 is 10.9. The van der Waals surface area contributed by atoms with Gasteiger partial charge in [-0.1, -0.05) is 6.92 Å². The van der Waals surface area contributed by atoms with Gasteiger partial charge in [0.1, 0.15) is 0 Å². The Morgan fingerprint density at radius 3 is 2.45 bits per heavy atom. The summed E-state index contributed by atoms with van der Waals surface area (Å²) in [5.74, 6) is 0.108. The standard InChI is InChI=1S/C8H17NO2/c1-7(6-9)5-8(2)10-3-4-11-8/h7H,3-6,9H2,1-2H3/t7-/m0/s1. The Bertz CT molecular complexity index is 121. The predicted octanol–water partition coefficient (Wildman–Crippen LogP) is 0.734. The van der Waals surface area contributed by atoms with Crippen LogP contribution in [0.2, 0.25) is 0 Å². The fraction of sp³-hybridized carbons (Fsp3) is 1.00. The molecule has 0 aromatic rings. The van der Waals surface area contributed by atoms with Crippen LogP contribution < -0.4 is 5.73 Å². The molecule has 0 radical (unpaired) electrons. The SMILES string of the molecule is C[C@H](CN)CC1(C)OCCO1. The molecule has 3 heteroatoms. The highest BCUT2D eigenvalue weighted by Gasteiger charge is 2.31. The summed E-state index contributed by atoms with van der Waals surface area (Å²) in [7, 11) is 0. The number of hydrogen-bond donors (Lipinski definition) is 1. The van der Waals surface area contributed by atoms with Gasteiger partial charge in [0.2, 0.25) is 0 Å². The van der Waals surface area contributed by atoms with Crippen LogP contribution in [0.3, 0.4) is 0 Å². The summed E-state index contributed by atoms with van der Waals surface area (Å²) in [5, 5.41) is 0. The molecular weight excluding hydrogens is 142 g/mol. The second-order valence-electron chi connectivity index (χ2n) is 3.38. The molecule has 1 rings (SSSR count). The molecule has 0 aromatic heterocycles. The number of hydrogen-bond acceptors (Lipinski definition) is 3. The van der Waals surface area contributed by atoms with Gasteiger partial charge in [-0.2, -0.15) is 0 Å². The average molecular weight is 159 g/mol. The minimum atomic E-state index is -0.362. The lowest BCUT2D eigenvalue weighted by atomic mass is 10.0. The lowest BCUT2D eigenvalue weighted by Gasteiger charge is -2.24. The predicted molar refractivity (Wildman–Crippen MR) is 43.1 cm³/mol. The average Bonchev–Trinajstić information content (AvgIpc) is 2.36. The molecule has 0 spiro atoms. The zero-order chi connectivity index (χ0) is 8.32. The molecule has 1 aliphatic heterocycles. The van der Waals surface area contributed by atoms with Gasteiger partial charge in [0.25, 0.3) is 0 Å². The zero-order valence-electron chi connectivity index (χ0n) is 7.30. The third-order valence-corrected chi connectivity index (χ3v) is 2.02. The zero-order valence-corrected chi connectivity index (χ0v) is 7.30. The molecule has 0 saturated carbocycles. The molecule has 0 aromatic carbocycles. The maximum absolute atomic E-state index is 5.50. The first kappa shape index (κ1) is 8.97. The van der Waals surface area contributed by atoms with Gasteiger partial charge in [-0.25, -0.2) is 0 Å². The summed E-state index contributed by atoms with van der Waals surface area (Å²) in [4.78, 5) is 0. The minimum absolute atomic E-state index is 0.362. The van der Waals surface area contributed by atoms with Crippen molar-refractivity contribution in [3.05, 3.63) is 0 Å². The molecule has 11 heavy (non-hydrogen) atoms. The van der Waals surface area contributed by atoms with E-state index < -0.39 is 0 Å². The Hall–Kier alpha value is -0.120. The number of ether oxygens (including phenoxy) is 2. The van der Waals surface area contributed by atoms with E-state index >= 15 is 0 Å². The summed E-state index contributed by atoms with van der Waals surface area (Å²) in [6.07, 6.45) is 0.892. The molecule has 66 valence electrons. The van der Waals surface area contributed by atoms with Crippen LogP contribution in [0.4, 0.5) is 0 Å². The molecule has 0 aliphatic carbocycles. The van der Waals surface area contributed by atoms with Crippen molar-refractivity contribution >= 4 is 0 Å². The molecule has 1 saturated heterocycles. The first-order valence-corrected chi connectivity index (χ1v) is 4.14. The first-order chi connectivity index (χ1) is 5.16. The summed E-state index contributed by atoms with van der Waals surface area (Å²) in [5.41, 5.74) is 5.50. The minimum Gasteiger partial charge on any atom is -0.348 e. The van der Waals surface area contributed by atoms with E-state index in [9.17, 15) is 0 Å². The normalized spacial score (nSPS) is 25.4. The van der Waals surface area contributed by atoms with E-state index in [1.165, 1.54) is 0 Å². The third-order valence-electron chi connectivity index (χ3n) is 2.02. The molecule has 1 fully saturated rings. The Morgan fingerprint density at radius 1 is 1.45 bits per heavy atom. The molecule has 1 aliphatic rings. The fourth-order valence-electron chi connectivity index (χ4n) is 1.39. The Kier molecular flexibility index (Phi) is 2.87. The van der Waals surface area contributed by atoms with Crippen LogP contribution >= 0.6 is 0 Å². The van der Waals surface area contributed by atoms with Crippen molar-refractivity contribution in [3.63, 3.8) is 0 Å². The second-order valence-corrected chi connectivity index (χ2v) is 3.38. The van der Waals surface area contributed by atoms with Crippen LogP contribution in [0.1, 0.15) is 20.3 Å². The summed E-state index contributed by atoms with van der Waals surface area (Å²) in [6, 6.07) is 0. The van der Waals surface area contributed by atoms with Crippen LogP contribution in [0.15, 0.2) is 0 Å². The van der Waals surface area contributed by atoms with E-state index in [4.69, 9.17) is 15.2 Å². The van der Waals surface area contributed by atoms with Crippen molar-refractivity contribution in [3.8, 4) is 0 Å². The number of rotatable bonds is 3. The monoisotopic (exact) mass is 159 g/mol. The van der Waals surface area contributed by atoms with Crippen LogP contribution in [0, 0.1) is 5.92 Å². The lowest BCUT2D eigenvalue weighted by molar-refractivity contribution is -0.153. The second kappa shape index (κ2) is 3.52. The van der Waals surface area contributed by atoms with Gasteiger partial charge in [0.15, 0.2) is 5.79 Å². The van der Waals surface area contributed by atoms with E-state index in [2.05, 4.69) is 6.92 Å². The number of nitrogens with two attached hydrogens (primary N) is 1. The molecule has 0 unspecified atom stereocenters. The van der Waals surface area contributed by atoms with Gasteiger partial charge in [0, 0.05) is 6.42 Å². The van der Waals surface area contributed by atoms with Gasteiger partial charge in [-0.05, 0) is 19.4 Å². The van der Waals surface area contributed by atoms with E-state index in [1.54, 1.807) is 0 Å². The van der Waals surface area contributed by atoms with Crippen LogP contribution in [-0.4, -0.2) is 25.5 Å². The van der Waals surface area contributed by atoms with Crippen molar-refractivity contribution in [1.29, 1.82) is 0 Å². The third kappa shape index (κ3) is 2.43. The van der Waals surface area contributed by atoms with Crippen molar-refractivity contribution in [2.75, 3.05) is 19.8 Å². The highest BCUT2D eigenvalue weighted by molar-refractivity contribution is 4.71. The van der Waals surface area contributed by atoms with Gasteiger partial charge in [-0.3, -0.25) is 0 Å². The molecule has 1 atom stereocenters. The van der Waals surface area contributed by atoms with Gasteiger partial charge < -0.3 is 15.2 Å². The first-order valence-electron chi connectivity index (χ1n) is 4.14. The van der Waals surface area contributed by atoms with E-state index in [0.717, 1.165) is 6.42 Å². The fourth-order valence-corrected chi connectivity index (χ4v) is 1.39. The van der Waals surface area contributed by atoms with Crippen molar-refractivity contribution in [1.82, 2.24) is 0 Å². The smallest absolute Gasteiger partial charge is 0.166 e. The van der Waals surface area contributed by atoms with Crippen molar-refractivity contribution < 1.29 is 9.47 Å². The van der Waals surface area contributed by atoms with Crippen molar-refractivity contribution in [2.24, 2.45) is 11.7 Å². The quantitative estimate of drug-likeness (QED) is 0.660. The lowest BCUT2D eigenvalue weighted by Crippen LogP contribution is -2.30. The molecule has 0 bridgehead atoms. The van der Waals surface area contributed by atoms with E-state index in [-0.39, 0.29) is 5.79 Å². The van der Waals surface area contributed by atoms with Gasteiger partial charge in [-0.15, -0.1) is 0 Å². The molecular formula is C8H17NO2. The molecule has 2 N–H and O–H groups in total. The molecule has 0 amide bonds. The maximum Gasteiger partial charge on any atom is 0.166 e. The van der Waals surface area contributed by atoms with E-state index in [1.807, 2.05) is 6.92 Å². The highest BCUT2D eigenvalue weighted by atomic mass is 16.7. The van der Waals surface area contributed by atoms with Crippen LogP contribution in [0.5, 0.6) is 0 Å².